The Morgan fingerprint density at radius 2 is 1.81 bits per heavy atom. The molecule has 2 saturated heterocycles. The number of aliphatic hydroxyl groups excluding tert-OH is 1. The molecule has 0 aromatic carbocycles. The first-order valence-electron chi connectivity index (χ1n) is 16.6. The first kappa shape index (κ1) is 29.9. The topological polar surface area (TPSA) is 121 Å². The number of aromatic nitrogens is 4. The van der Waals surface area contributed by atoms with E-state index in [2.05, 4.69) is 35.7 Å². The van der Waals surface area contributed by atoms with Crippen molar-refractivity contribution >= 4 is 28.8 Å². The third kappa shape index (κ3) is 5.39. The van der Waals surface area contributed by atoms with Crippen molar-refractivity contribution < 1.29 is 14.6 Å². The van der Waals surface area contributed by atoms with Crippen LogP contribution in [0.3, 0.4) is 0 Å². The predicted octanol–water partition coefficient (Wildman–Crippen LogP) is 2.94. The molecular weight excluding hydrogens is 596 g/mol. The zero-order valence-electron chi connectivity index (χ0n) is 26.7. The van der Waals surface area contributed by atoms with Crippen LogP contribution in [0, 0.1) is 0 Å². The molecule has 8 heterocycles. The summed E-state index contributed by atoms with van der Waals surface area (Å²) in [7, 11) is 1.70. The number of piperazine rings is 1. The molecule has 0 radical (unpaired) electrons. The molecule has 2 N–H and O–H groups in total. The van der Waals surface area contributed by atoms with Gasteiger partial charge in [0.05, 0.1) is 55.2 Å². The van der Waals surface area contributed by atoms with Gasteiger partial charge in [0.25, 0.3) is 11.5 Å². The molecule has 2 fully saturated rings. The standard InChI is InChI=1S/C35H40N8O4/c1-39-19-23(14-30(35(39)46)38-33-6-5-25(16-37-33)40-10-12-41(13-11-40)26-21-47-22-26)28-17-36-18-32(29(28)20-44)43-9-7-31-27(34(43)45)15-24-4-2-3-8-42(24)31/h5-6,14-19,26,44H,2-4,7-13,20-22H2,1H3,(H,37,38). The number of amides is 1. The van der Waals surface area contributed by atoms with E-state index in [1.54, 1.807) is 36.6 Å². The highest BCUT2D eigenvalue weighted by Crippen LogP contribution is 2.35. The van der Waals surface area contributed by atoms with Crippen LogP contribution in [0.1, 0.15) is 40.2 Å². The summed E-state index contributed by atoms with van der Waals surface area (Å²) >= 11 is 0. The van der Waals surface area contributed by atoms with Crippen LogP contribution in [-0.2, 0) is 37.8 Å². The number of nitrogens with zero attached hydrogens (tertiary/aromatic N) is 7. The molecule has 4 aliphatic rings. The summed E-state index contributed by atoms with van der Waals surface area (Å²) in [6, 6.07) is 8.30. The number of anilines is 4. The number of ether oxygens (including phenoxy) is 1. The van der Waals surface area contributed by atoms with Crippen molar-refractivity contribution in [3.63, 3.8) is 0 Å². The molecule has 0 spiro atoms. The monoisotopic (exact) mass is 636 g/mol. The number of carbonyl (C=O) groups excluding carboxylic acids is 1. The highest BCUT2D eigenvalue weighted by molar-refractivity contribution is 6.09. The molecule has 0 saturated carbocycles. The molecule has 12 heteroatoms. The van der Waals surface area contributed by atoms with Gasteiger partial charge in [-0.1, -0.05) is 0 Å². The fourth-order valence-corrected chi connectivity index (χ4v) is 7.49. The maximum absolute atomic E-state index is 13.8. The summed E-state index contributed by atoms with van der Waals surface area (Å²) in [5.74, 6) is 0.501. The van der Waals surface area contributed by atoms with E-state index in [9.17, 15) is 14.7 Å². The zero-order chi connectivity index (χ0) is 32.1. The highest BCUT2D eigenvalue weighted by Gasteiger charge is 2.33. The van der Waals surface area contributed by atoms with Crippen LogP contribution in [0.5, 0.6) is 0 Å². The summed E-state index contributed by atoms with van der Waals surface area (Å²) in [6.45, 7) is 6.74. The Kier molecular flexibility index (Phi) is 7.78. The fourth-order valence-electron chi connectivity index (χ4n) is 7.49. The number of hydrogen-bond acceptors (Lipinski definition) is 9. The molecule has 0 bridgehead atoms. The van der Waals surface area contributed by atoms with Crippen molar-refractivity contribution in [2.45, 2.75) is 44.9 Å². The molecule has 47 heavy (non-hydrogen) atoms. The number of nitrogens with one attached hydrogen (secondary N) is 1. The maximum atomic E-state index is 13.8. The summed E-state index contributed by atoms with van der Waals surface area (Å²) in [4.78, 5) is 42.7. The molecule has 0 aliphatic carbocycles. The van der Waals surface area contributed by atoms with Crippen molar-refractivity contribution in [3.8, 4) is 11.1 Å². The van der Waals surface area contributed by atoms with Crippen molar-refractivity contribution in [1.82, 2.24) is 24.0 Å². The van der Waals surface area contributed by atoms with Gasteiger partial charge >= 0.3 is 0 Å². The first-order valence-corrected chi connectivity index (χ1v) is 16.6. The second-order valence-corrected chi connectivity index (χ2v) is 13.0. The second kappa shape index (κ2) is 12.3. The number of rotatable bonds is 7. The normalized spacial score (nSPS) is 18.6. The molecule has 12 nitrogen and oxygen atoms in total. The van der Waals surface area contributed by atoms with Crippen molar-refractivity contribution in [2.75, 3.05) is 61.1 Å². The molecule has 244 valence electrons. The van der Waals surface area contributed by atoms with Crippen LogP contribution in [-0.4, -0.2) is 87.0 Å². The lowest BCUT2D eigenvalue weighted by Gasteiger charge is -2.43. The van der Waals surface area contributed by atoms with Gasteiger partial charge in [0.15, 0.2) is 0 Å². The molecule has 4 aliphatic heterocycles. The van der Waals surface area contributed by atoms with E-state index in [-0.39, 0.29) is 18.1 Å². The van der Waals surface area contributed by atoms with E-state index in [0.717, 1.165) is 88.6 Å². The highest BCUT2D eigenvalue weighted by atomic mass is 16.5. The van der Waals surface area contributed by atoms with E-state index < -0.39 is 0 Å². The second-order valence-electron chi connectivity index (χ2n) is 13.0. The van der Waals surface area contributed by atoms with Crippen LogP contribution in [0.4, 0.5) is 22.9 Å². The van der Waals surface area contributed by atoms with Gasteiger partial charge in [-0.2, -0.15) is 0 Å². The summed E-state index contributed by atoms with van der Waals surface area (Å²) in [5.41, 5.74) is 6.85. The summed E-state index contributed by atoms with van der Waals surface area (Å²) < 4.78 is 9.19. The Morgan fingerprint density at radius 3 is 2.55 bits per heavy atom. The number of carbonyl (C=O) groups is 1. The minimum atomic E-state index is -0.284. The van der Waals surface area contributed by atoms with Gasteiger partial charge in [-0.15, -0.1) is 0 Å². The predicted molar refractivity (Wildman–Crippen MR) is 179 cm³/mol. The lowest BCUT2D eigenvalue weighted by Crippen LogP contribution is -2.56. The van der Waals surface area contributed by atoms with Crippen molar-refractivity contribution in [1.29, 1.82) is 0 Å². The molecule has 4 aromatic rings. The van der Waals surface area contributed by atoms with Gasteiger partial charge in [-0.3, -0.25) is 19.5 Å². The lowest BCUT2D eigenvalue weighted by atomic mass is 9.99. The van der Waals surface area contributed by atoms with Crippen LogP contribution in [0.2, 0.25) is 0 Å². The quantitative estimate of drug-likeness (QED) is 0.316. The number of fused-ring (bicyclic) bond motifs is 3. The third-order valence-corrected chi connectivity index (χ3v) is 10.2. The zero-order valence-corrected chi connectivity index (χ0v) is 26.7. The van der Waals surface area contributed by atoms with Crippen LogP contribution < -0.4 is 20.7 Å². The van der Waals surface area contributed by atoms with Gasteiger partial charge in [0.1, 0.15) is 11.5 Å². The third-order valence-electron chi connectivity index (χ3n) is 10.2. The molecular formula is C35H40N8O4. The molecule has 0 unspecified atom stereocenters. The smallest absolute Gasteiger partial charge is 0.274 e. The summed E-state index contributed by atoms with van der Waals surface area (Å²) in [6.07, 6.45) is 10.9. The Hall–Kier alpha value is -4.52. The summed E-state index contributed by atoms with van der Waals surface area (Å²) in [5, 5.41) is 13.9. The van der Waals surface area contributed by atoms with Crippen molar-refractivity contribution in [3.05, 3.63) is 81.9 Å². The van der Waals surface area contributed by atoms with Gasteiger partial charge in [-0.25, -0.2) is 4.98 Å². The molecule has 1 amide bonds. The Labute approximate surface area is 273 Å². The average molecular weight is 637 g/mol. The van der Waals surface area contributed by atoms with Gasteiger partial charge in [0.2, 0.25) is 0 Å². The number of aliphatic hydroxyl groups is 1. The first-order chi connectivity index (χ1) is 23.0. The SMILES string of the molecule is Cn1cc(-c2cncc(N3CCc4c(cc5n4CCCC5)C3=O)c2CO)cc(Nc2ccc(N3CCN(C4COC4)CC3)cn2)c1=O. The maximum Gasteiger partial charge on any atom is 0.274 e. The lowest BCUT2D eigenvalue weighted by molar-refractivity contribution is -0.0660. The van der Waals surface area contributed by atoms with Gasteiger partial charge < -0.3 is 34.1 Å². The Balaban J connectivity index is 1.04. The van der Waals surface area contributed by atoms with Crippen LogP contribution in [0.15, 0.2) is 53.8 Å². The minimum absolute atomic E-state index is 0.0611. The Bertz CT molecular complexity index is 1870. The van der Waals surface area contributed by atoms with Crippen LogP contribution >= 0.6 is 0 Å². The number of hydrogen-bond donors (Lipinski definition) is 2. The van der Waals surface area contributed by atoms with E-state index >= 15 is 0 Å². The number of aryl methyl sites for hydroxylation is 2. The van der Waals surface area contributed by atoms with E-state index in [4.69, 9.17) is 4.74 Å². The Morgan fingerprint density at radius 1 is 0.957 bits per heavy atom. The van der Waals surface area contributed by atoms with Crippen LogP contribution in [0.25, 0.3) is 11.1 Å². The minimum Gasteiger partial charge on any atom is -0.392 e. The van der Waals surface area contributed by atoms with E-state index in [0.29, 0.717) is 46.5 Å². The van der Waals surface area contributed by atoms with Gasteiger partial charge in [-0.05, 0) is 43.5 Å². The average Bonchev–Trinajstić information content (AvgIpc) is 3.46. The molecule has 0 atom stereocenters. The fraction of sp³-hybridized carbons (Fsp3) is 0.429. The number of pyridine rings is 3. The van der Waals surface area contributed by atoms with E-state index in [1.807, 2.05) is 18.3 Å². The van der Waals surface area contributed by atoms with E-state index in [1.165, 1.54) is 10.3 Å². The largest absolute Gasteiger partial charge is 0.392 e. The molecule has 8 rings (SSSR count). The van der Waals surface area contributed by atoms with Crippen molar-refractivity contribution in [2.24, 2.45) is 7.05 Å². The molecule has 4 aromatic heterocycles. The van der Waals surface area contributed by atoms with Gasteiger partial charge in [0, 0.05) is 93.2 Å².